The molecule has 0 amide bonds. The first-order chi connectivity index (χ1) is 12.4. The molecule has 7 heteroatoms. The molecule has 0 aromatic heterocycles. The van der Waals surface area contributed by atoms with Crippen molar-refractivity contribution in [1.29, 1.82) is 0 Å². The SMILES string of the molecule is CCNC(=NCC1(SCC)CCOCC1)NCCCN(C(C)C)C(C)C.I. The van der Waals surface area contributed by atoms with E-state index in [4.69, 9.17) is 9.73 Å². The molecule has 0 unspecified atom stereocenters. The van der Waals surface area contributed by atoms with Crippen molar-refractivity contribution in [2.24, 2.45) is 4.99 Å². The summed E-state index contributed by atoms with van der Waals surface area (Å²) < 4.78 is 5.82. The number of ether oxygens (including phenoxy) is 1. The topological polar surface area (TPSA) is 48.9 Å². The fourth-order valence-corrected chi connectivity index (χ4v) is 4.77. The maximum atomic E-state index is 5.57. The number of halogens is 1. The van der Waals surface area contributed by atoms with Crippen LogP contribution in [0.5, 0.6) is 0 Å². The van der Waals surface area contributed by atoms with E-state index in [1.165, 1.54) is 0 Å². The van der Waals surface area contributed by atoms with Crippen molar-refractivity contribution in [2.75, 3.05) is 45.1 Å². The zero-order chi connectivity index (χ0) is 19.4. The minimum atomic E-state index is 0. The van der Waals surface area contributed by atoms with Crippen molar-refractivity contribution in [1.82, 2.24) is 15.5 Å². The van der Waals surface area contributed by atoms with E-state index in [0.29, 0.717) is 12.1 Å². The highest BCUT2D eigenvalue weighted by atomic mass is 127. The first kappa shape index (κ1) is 27.3. The standard InChI is InChI=1S/C20H42N4OS.HI/c1-7-21-19(22-12-9-13-24(17(3)4)18(5)6)23-16-20(26-8-2)10-14-25-15-11-20;/h17-18H,7-16H2,1-6H3,(H2,21,22,23);1H. The highest BCUT2D eigenvalue weighted by Gasteiger charge is 2.32. The van der Waals surface area contributed by atoms with Gasteiger partial charge in [0.05, 0.1) is 6.54 Å². The molecule has 5 nitrogen and oxygen atoms in total. The van der Waals surface area contributed by atoms with Crippen molar-refractivity contribution < 1.29 is 4.74 Å². The maximum absolute atomic E-state index is 5.57. The highest BCUT2D eigenvalue weighted by Crippen LogP contribution is 2.35. The monoisotopic (exact) mass is 514 g/mol. The normalized spacial score (nSPS) is 17.3. The number of hydrogen-bond acceptors (Lipinski definition) is 4. The molecule has 0 radical (unpaired) electrons. The summed E-state index contributed by atoms with van der Waals surface area (Å²) in [6.07, 6.45) is 3.34. The van der Waals surface area contributed by atoms with Gasteiger partial charge in [-0.2, -0.15) is 11.8 Å². The van der Waals surface area contributed by atoms with Crippen LogP contribution in [0.4, 0.5) is 0 Å². The van der Waals surface area contributed by atoms with Crippen LogP contribution < -0.4 is 10.6 Å². The van der Waals surface area contributed by atoms with Crippen LogP contribution in [-0.4, -0.2) is 72.8 Å². The van der Waals surface area contributed by atoms with Gasteiger partial charge in [0.1, 0.15) is 0 Å². The van der Waals surface area contributed by atoms with E-state index in [2.05, 4.69) is 57.1 Å². The zero-order valence-electron chi connectivity index (χ0n) is 18.3. The minimum absolute atomic E-state index is 0. The van der Waals surface area contributed by atoms with Crippen LogP contribution >= 0.6 is 35.7 Å². The van der Waals surface area contributed by atoms with Gasteiger partial charge in [-0.1, -0.05) is 6.92 Å². The first-order valence-corrected chi connectivity index (χ1v) is 11.4. The van der Waals surface area contributed by atoms with Gasteiger partial charge in [0.25, 0.3) is 0 Å². The molecule has 0 spiro atoms. The third-order valence-electron chi connectivity index (χ3n) is 4.94. The summed E-state index contributed by atoms with van der Waals surface area (Å²) in [6.45, 7) is 19.0. The Hall–Kier alpha value is 0.270. The number of rotatable bonds is 11. The molecule has 0 atom stereocenters. The Labute approximate surface area is 189 Å². The van der Waals surface area contributed by atoms with Crippen LogP contribution in [0.3, 0.4) is 0 Å². The van der Waals surface area contributed by atoms with E-state index in [0.717, 1.165) is 70.4 Å². The highest BCUT2D eigenvalue weighted by molar-refractivity contribution is 14.0. The van der Waals surface area contributed by atoms with Gasteiger partial charge in [-0.3, -0.25) is 9.89 Å². The van der Waals surface area contributed by atoms with Crippen LogP contribution in [0.2, 0.25) is 0 Å². The van der Waals surface area contributed by atoms with Crippen LogP contribution in [0.25, 0.3) is 0 Å². The predicted octanol–water partition coefficient (Wildman–Crippen LogP) is 3.97. The lowest BCUT2D eigenvalue weighted by Crippen LogP contribution is -2.43. The molecule has 0 aromatic rings. The van der Waals surface area contributed by atoms with Crippen molar-refractivity contribution in [3.05, 3.63) is 0 Å². The molecule has 0 saturated carbocycles. The number of thioether (sulfide) groups is 1. The lowest BCUT2D eigenvalue weighted by Gasteiger charge is -2.35. The number of hydrogen-bond donors (Lipinski definition) is 2. The lowest BCUT2D eigenvalue weighted by molar-refractivity contribution is 0.0793. The van der Waals surface area contributed by atoms with Crippen molar-refractivity contribution >= 4 is 41.7 Å². The summed E-state index contributed by atoms with van der Waals surface area (Å²) in [5, 5.41) is 6.92. The second kappa shape index (κ2) is 15.2. The van der Waals surface area contributed by atoms with Gasteiger partial charge < -0.3 is 15.4 Å². The van der Waals surface area contributed by atoms with E-state index in [1.807, 2.05) is 11.8 Å². The Morgan fingerprint density at radius 2 is 1.74 bits per heavy atom. The second-order valence-electron chi connectivity index (χ2n) is 7.63. The molecule has 1 aliphatic rings. The van der Waals surface area contributed by atoms with Gasteiger partial charge in [-0.15, -0.1) is 24.0 Å². The summed E-state index contributed by atoms with van der Waals surface area (Å²) in [4.78, 5) is 7.46. The Kier molecular flexibility index (Phi) is 15.3. The molecule has 1 saturated heterocycles. The van der Waals surface area contributed by atoms with Crippen molar-refractivity contribution in [2.45, 2.75) is 77.6 Å². The van der Waals surface area contributed by atoms with E-state index in [9.17, 15) is 0 Å². The largest absolute Gasteiger partial charge is 0.381 e. The maximum Gasteiger partial charge on any atom is 0.191 e. The lowest BCUT2D eigenvalue weighted by atomic mass is 9.99. The average Bonchev–Trinajstić information content (AvgIpc) is 2.60. The molecule has 0 bridgehead atoms. The Balaban J connectivity index is 0.00000676. The molecule has 2 N–H and O–H groups in total. The van der Waals surface area contributed by atoms with Gasteiger partial charge in [-0.25, -0.2) is 0 Å². The van der Waals surface area contributed by atoms with Gasteiger partial charge >= 0.3 is 0 Å². The minimum Gasteiger partial charge on any atom is -0.381 e. The number of guanidine groups is 1. The molecule has 1 rings (SSSR count). The summed E-state index contributed by atoms with van der Waals surface area (Å²) in [5.74, 6) is 2.09. The molecular weight excluding hydrogens is 471 g/mol. The number of aliphatic imine (C=N–C) groups is 1. The van der Waals surface area contributed by atoms with E-state index >= 15 is 0 Å². The first-order valence-electron chi connectivity index (χ1n) is 10.4. The zero-order valence-corrected chi connectivity index (χ0v) is 21.5. The molecule has 1 fully saturated rings. The summed E-state index contributed by atoms with van der Waals surface area (Å²) in [5.41, 5.74) is 0. The quantitative estimate of drug-likeness (QED) is 0.189. The summed E-state index contributed by atoms with van der Waals surface area (Å²) in [7, 11) is 0. The third kappa shape index (κ3) is 10.6. The Morgan fingerprint density at radius 1 is 1.11 bits per heavy atom. The fraction of sp³-hybridized carbons (Fsp3) is 0.950. The van der Waals surface area contributed by atoms with E-state index in [1.54, 1.807) is 0 Å². The predicted molar refractivity (Wildman–Crippen MR) is 132 cm³/mol. The van der Waals surface area contributed by atoms with Crippen molar-refractivity contribution in [3.63, 3.8) is 0 Å². The van der Waals surface area contributed by atoms with Crippen LogP contribution in [0.1, 0.15) is 60.8 Å². The van der Waals surface area contributed by atoms with Crippen LogP contribution in [-0.2, 0) is 4.74 Å². The molecular formula is C20H43IN4OS. The second-order valence-corrected chi connectivity index (χ2v) is 9.36. The third-order valence-corrected chi connectivity index (χ3v) is 6.37. The van der Waals surface area contributed by atoms with Crippen LogP contribution in [0.15, 0.2) is 4.99 Å². The van der Waals surface area contributed by atoms with Gasteiger partial charge in [0.2, 0.25) is 0 Å². The smallest absolute Gasteiger partial charge is 0.191 e. The molecule has 162 valence electrons. The van der Waals surface area contributed by atoms with Gasteiger partial charge in [0.15, 0.2) is 5.96 Å². The van der Waals surface area contributed by atoms with E-state index in [-0.39, 0.29) is 28.7 Å². The fourth-order valence-electron chi connectivity index (χ4n) is 3.54. The Bertz CT molecular complexity index is 388. The van der Waals surface area contributed by atoms with Gasteiger partial charge in [-0.05, 0) is 59.6 Å². The summed E-state index contributed by atoms with van der Waals surface area (Å²) in [6, 6.07) is 1.19. The van der Waals surface area contributed by atoms with Crippen LogP contribution in [0, 0.1) is 0 Å². The summed E-state index contributed by atoms with van der Waals surface area (Å²) >= 11 is 2.05. The number of nitrogens with zero attached hydrogens (tertiary/aromatic N) is 2. The molecule has 27 heavy (non-hydrogen) atoms. The van der Waals surface area contributed by atoms with E-state index < -0.39 is 0 Å². The average molecular weight is 515 g/mol. The van der Waals surface area contributed by atoms with Crippen molar-refractivity contribution in [3.8, 4) is 0 Å². The molecule has 0 aliphatic carbocycles. The van der Waals surface area contributed by atoms with Gasteiger partial charge in [0, 0.05) is 49.7 Å². The number of nitrogens with one attached hydrogen (secondary N) is 2. The molecule has 1 aliphatic heterocycles. The molecule has 0 aromatic carbocycles. The molecule has 1 heterocycles. The Morgan fingerprint density at radius 3 is 2.26 bits per heavy atom.